The molecular weight excluding hydrogens is 347 g/mol. The number of aromatic nitrogens is 3. The number of aromatic hydroxyl groups is 1. The van der Waals surface area contributed by atoms with Crippen LogP contribution in [0.4, 0.5) is 0 Å². The van der Waals surface area contributed by atoms with Crippen molar-refractivity contribution in [1.29, 1.82) is 0 Å². The fraction of sp³-hybridized carbons (Fsp3) is 0.600. The number of hydrogen-bond acceptors (Lipinski definition) is 8. The van der Waals surface area contributed by atoms with Crippen molar-refractivity contribution in [3.63, 3.8) is 0 Å². The summed E-state index contributed by atoms with van der Waals surface area (Å²) < 4.78 is 23.0. The van der Waals surface area contributed by atoms with Gasteiger partial charge in [-0.05, 0) is 20.3 Å². The van der Waals surface area contributed by atoms with Gasteiger partial charge in [0.25, 0.3) is 0 Å². The van der Waals surface area contributed by atoms with Crippen LogP contribution in [0, 0.1) is 0 Å². The molecule has 140 valence electrons. The first-order chi connectivity index (χ1) is 12.0. The molecule has 4 N–H and O–H groups in total. The van der Waals surface area contributed by atoms with Crippen LogP contribution in [0.2, 0.25) is 0 Å². The Morgan fingerprint density at radius 1 is 1.32 bits per heavy atom. The summed E-state index contributed by atoms with van der Waals surface area (Å²) in [4.78, 5) is 10.8. The molecule has 0 saturated heterocycles. The first-order valence-corrected chi connectivity index (χ1v) is 9.98. The first-order valence-electron chi connectivity index (χ1n) is 8.25. The monoisotopic (exact) mass is 372 g/mol. The van der Waals surface area contributed by atoms with Gasteiger partial charge in [0.1, 0.15) is 11.8 Å². The molecule has 0 unspecified atom stereocenters. The minimum atomic E-state index is -3.13. The van der Waals surface area contributed by atoms with Gasteiger partial charge >= 0.3 is 7.60 Å². The van der Waals surface area contributed by atoms with Crippen molar-refractivity contribution in [2.24, 2.45) is 0 Å². The third-order valence-electron chi connectivity index (χ3n) is 3.73. The van der Waals surface area contributed by atoms with E-state index < -0.39 is 7.60 Å². The summed E-state index contributed by atoms with van der Waals surface area (Å²) in [5, 5.41) is 22.4. The Morgan fingerprint density at radius 3 is 2.68 bits per heavy atom. The lowest BCUT2D eigenvalue weighted by Gasteiger charge is -2.20. The fourth-order valence-electron chi connectivity index (χ4n) is 2.50. The average molecular weight is 372 g/mol. The predicted molar refractivity (Wildman–Crippen MR) is 93.6 cm³/mol. The molecule has 2 aromatic heterocycles. The average Bonchev–Trinajstić information content (AvgIpc) is 3.00. The molecule has 1 atom stereocenters. The number of aliphatic hydroxyl groups is 1. The van der Waals surface area contributed by atoms with Crippen LogP contribution >= 0.6 is 7.60 Å². The van der Waals surface area contributed by atoms with Crippen LogP contribution in [0.1, 0.15) is 25.8 Å². The van der Waals surface area contributed by atoms with Crippen molar-refractivity contribution < 1.29 is 23.8 Å². The molecule has 2 heterocycles. The SMILES string of the molecule is CCOP(=O)(CC[C@@H](CO)NCc1c[nH]c2c(O)ncnc12)OCC. The summed E-state index contributed by atoms with van der Waals surface area (Å²) in [6.45, 7) is 4.47. The number of nitrogens with one attached hydrogen (secondary N) is 2. The second kappa shape index (κ2) is 9.26. The van der Waals surface area contributed by atoms with Gasteiger partial charge in [-0.1, -0.05) is 0 Å². The van der Waals surface area contributed by atoms with E-state index in [4.69, 9.17) is 9.05 Å². The van der Waals surface area contributed by atoms with Crippen LogP contribution in [0.3, 0.4) is 0 Å². The number of rotatable bonds is 11. The Bertz CT molecular complexity index is 713. The van der Waals surface area contributed by atoms with Crippen LogP contribution < -0.4 is 5.32 Å². The number of hydrogen-bond donors (Lipinski definition) is 4. The maximum absolute atomic E-state index is 12.5. The molecule has 0 aliphatic carbocycles. The summed E-state index contributed by atoms with van der Waals surface area (Å²) in [5.41, 5.74) is 1.92. The molecule has 2 aromatic rings. The van der Waals surface area contributed by atoms with Gasteiger partial charge in [-0.25, -0.2) is 9.97 Å². The second-order valence-electron chi connectivity index (χ2n) is 5.45. The minimum Gasteiger partial charge on any atom is -0.492 e. The summed E-state index contributed by atoms with van der Waals surface area (Å²) >= 11 is 0. The lowest BCUT2D eigenvalue weighted by molar-refractivity contribution is 0.211. The van der Waals surface area contributed by atoms with E-state index in [0.29, 0.717) is 37.2 Å². The zero-order valence-corrected chi connectivity index (χ0v) is 15.3. The van der Waals surface area contributed by atoms with Crippen molar-refractivity contribution in [1.82, 2.24) is 20.3 Å². The zero-order chi connectivity index (χ0) is 18.3. The molecule has 0 aliphatic heterocycles. The second-order valence-corrected chi connectivity index (χ2v) is 7.64. The molecule has 10 heteroatoms. The topological polar surface area (TPSA) is 130 Å². The van der Waals surface area contributed by atoms with Crippen molar-refractivity contribution >= 4 is 18.6 Å². The number of fused-ring (bicyclic) bond motifs is 1. The van der Waals surface area contributed by atoms with Crippen molar-refractivity contribution in [2.75, 3.05) is 26.0 Å². The van der Waals surface area contributed by atoms with Crippen molar-refractivity contribution in [3.05, 3.63) is 18.1 Å². The van der Waals surface area contributed by atoms with Crippen LogP contribution in [0.15, 0.2) is 12.5 Å². The van der Waals surface area contributed by atoms with E-state index in [1.807, 2.05) is 0 Å². The lowest BCUT2D eigenvalue weighted by Crippen LogP contribution is -2.33. The highest BCUT2D eigenvalue weighted by molar-refractivity contribution is 7.53. The Labute approximate surface area is 146 Å². The normalized spacial score (nSPS) is 13.4. The van der Waals surface area contributed by atoms with E-state index in [1.54, 1.807) is 20.0 Å². The zero-order valence-electron chi connectivity index (χ0n) is 14.4. The van der Waals surface area contributed by atoms with E-state index in [1.165, 1.54) is 6.33 Å². The predicted octanol–water partition coefficient (Wildman–Crippen LogP) is 1.77. The number of nitrogens with zero attached hydrogens (tertiary/aromatic N) is 2. The third kappa shape index (κ3) is 5.23. The Balaban J connectivity index is 1.95. The fourth-order valence-corrected chi connectivity index (χ4v) is 4.25. The number of H-pyrrole nitrogens is 1. The van der Waals surface area contributed by atoms with E-state index in [9.17, 15) is 14.8 Å². The maximum Gasteiger partial charge on any atom is 0.330 e. The molecule has 2 rings (SSSR count). The highest BCUT2D eigenvalue weighted by Gasteiger charge is 2.25. The smallest absolute Gasteiger partial charge is 0.330 e. The minimum absolute atomic E-state index is 0.107. The molecule has 0 saturated carbocycles. The van der Waals surface area contributed by atoms with Gasteiger partial charge in [0, 0.05) is 24.3 Å². The van der Waals surface area contributed by atoms with Gasteiger partial charge in [0.15, 0.2) is 0 Å². The lowest BCUT2D eigenvalue weighted by atomic mass is 10.2. The molecule has 25 heavy (non-hydrogen) atoms. The van der Waals surface area contributed by atoms with E-state index >= 15 is 0 Å². The number of aromatic amines is 1. The van der Waals surface area contributed by atoms with Crippen molar-refractivity contribution in [3.8, 4) is 5.88 Å². The molecule has 0 radical (unpaired) electrons. The van der Waals surface area contributed by atoms with Gasteiger partial charge in [0.05, 0.1) is 31.5 Å². The Kier molecular flexibility index (Phi) is 7.34. The van der Waals surface area contributed by atoms with E-state index in [0.717, 1.165) is 5.56 Å². The maximum atomic E-state index is 12.5. The van der Waals surface area contributed by atoms with Gasteiger partial charge in [-0.15, -0.1) is 0 Å². The van der Waals surface area contributed by atoms with Gasteiger partial charge in [-0.3, -0.25) is 4.57 Å². The molecule has 0 spiro atoms. The summed E-state index contributed by atoms with van der Waals surface area (Å²) in [5.74, 6) is -0.107. The van der Waals surface area contributed by atoms with Crippen LogP contribution in [-0.2, 0) is 20.2 Å². The van der Waals surface area contributed by atoms with Gasteiger partial charge in [0.2, 0.25) is 5.88 Å². The molecule has 0 aromatic carbocycles. The molecule has 9 nitrogen and oxygen atoms in total. The standard InChI is InChI=1S/C15H25N4O5P/c1-3-23-25(22,24-4-2)6-5-12(9-20)16-7-11-8-17-14-13(11)18-10-19-15(14)21/h8,10,12,16-17,20H,3-7,9H2,1-2H3,(H,18,19,21)/t12-/m0/s1. The first kappa shape index (κ1) is 19.8. The van der Waals surface area contributed by atoms with E-state index in [2.05, 4.69) is 20.3 Å². The highest BCUT2D eigenvalue weighted by atomic mass is 31.2. The largest absolute Gasteiger partial charge is 0.492 e. The van der Waals surface area contributed by atoms with Crippen LogP contribution in [-0.4, -0.2) is 57.2 Å². The van der Waals surface area contributed by atoms with Gasteiger partial charge < -0.3 is 29.6 Å². The Morgan fingerprint density at radius 2 is 2.04 bits per heavy atom. The molecule has 0 aliphatic rings. The molecule has 0 fully saturated rings. The summed E-state index contributed by atoms with van der Waals surface area (Å²) in [7, 11) is -3.13. The Hall–Kier alpha value is -1.51. The quantitative estimate of drug-likeness (QED) is 0.439. The highest BCUT2D eigenvalue weighted by Crippen LogP contribution is 2.48. The molecule has 0 amide bonds. The number of aliphatic hydroxyl groups excluding tert-OH is 1. The summed E-state index contributed by atoms with van der Waals surface area (Å²) in [6.07, 6.45) is 3.69. The van der Waals surface area contributed by atoms with Crippen LogP contribution in [0.25, 0.3) is 11.0 Å². The van der Waals surface area contributed by atoms with Crippen molar-refractivity contribution in [2.45, 2.75) is 32.9 Å². The van der Waals surface area contributed by atoms with Gasteiger partial charge in [-0.2, -0.15) is 0 Å². The summed E-state index contributed by atoms with van der Waals surface area (Å²) in [6, 6.07) is -0.269. The molecular formula is C15H25N4O5P. The van der Waals surface area contributed by atoms with Crippen LogP contribution in [0.5, 0.6) is 5.88 Å². The third-order valence-corrected chi connectivity index (χ3v) is 5.84. The van der Waals surface area contributed by atoms with E-state index in [-0.39, 0.29) is 24.7 Å². The molecule has 0 bridgehead atoms.